The van der Waals surface area contributed by atoms with Crippen LogP contribution in [0.2, 0.25) is 0 Å². The molecule has 0 aliphatic carbocycles. The molecule has 1 N–H and O–H groups in total. The van der Waals surface area contributed by atoms with Crippen molar-refractivity contribution in [3.8, 4) is 17.4 Å². The van der Waals surface area contributed by atoms with Gasteiger partial charge in [0.25, 0.3) is 0 Å². The van der Waals surface area contributed by atoms with Crippen LogP contribution in [-0.2, 0) is 12.8 Å². The van der Waals surface area contributed by atoms with Crippen molar-refractivity contribution in [1.29, 1.82) is 0 Å². The van der Waals surface area contributed by atoms with Gasteiger partial charge in [0.15, 0.2) is 11.5 Å². The zero-order valence-corrected chi connectivity index (χ0v) is 18.3. The Bertz CT molecular complexity index is 1190. The first-order valence-corrected chi connectivity index (χ1v) is 9.88. The Morgan fingerprint density at radius 3 is 2.20 bits per heavy atom. The molecule has 1 heterocycles. The first kappa shape index (κ1) is 21.7. The molecule has 1 aromatic heterocycles. The average molecular weight is 424 g/mol. The van der Waals surface area contributed by atoms with Crippen molar-refractivity contribution in [1.82, 2.24) is 4.98 Å². The number of methoxy groups -OCH3 is 2. The molecule has 3 aromatic carbocycles. The summed E-state index contributed by atoms with van der Waals surface area (Å²) in [7, 11) is 3.26. The number of aryl methyl sites for hydroxylation is 1. The molecule has 4 nitrogen and oxygen atoms in total. The Balaban J connectivity index is 0.00000256. The molecule has 0 fully saturated rings. The fourth-order valence-electron chi connectivity index (χ4n) is 3.90. The van der Waals surface area contributed by atoms with E-state index in [0.29, 0.717) is 17.9 Å². The lowest BCUT2D eigenvalue weighted by molar-refractivity contribution is 0.355. The van der Waals surface area contributed by atoms with Crippen LogP contribution in [0.4, 0.5) is 0 Å². The van der Waals surface area contributed by atoms with Crippen molar-refractivity contribution in [3.63, 3.8) is 0 Å². The summed E-state index contributed by atoms with van der Waals surface area (Å²) in [4.78, 5) is 4.54. The van der Waals surface area contributed by atoms with E-state index in [0.717, 1.165) is 40.4 Å². The SMILES string of the molecule is CCCc1nc(O)c(Cc2ccc3ccccc3c2)c2cc(OC)c(OC)cc12.Cl. The minimum absolute atomic E-state index is 0. The summed E-state index contributed by atoms with van der Waals surface area (Å²) in [6.45, 7) is 2.11. The van der Waals surface area contributed by atoms with Gasteiger partial charge in [-0.2, -0.15) is 0 Å². The fourth-order valence-corrected chi connectivity index (χ4v) is 3.90. The maximum absolute atomic E-state index is 10.8. The Hall–Kier alpha value is -2.98. The third-order valence-electron chi connectivity index (χ3n) is 5.35. The Labute approximate surface area is 182 Å². The molecule has 0 saturated heterocycles. The topological polar surface area (TPSA) is 51.6 Å². The molecule has 156 valence electrons. The van der Waals surface area contributed by atoms with E-state index in [1.807, 2.05) is 24.3 Å². The number of nitrogens with zero attached hydrogens (tertiary/aromatic N) is 1. The number of fused-ring (bicyclic) bond motifs is 2. The van der Waals surface area contributed by atoms with Crippen LogP contribution in [0.5, 0.6) is 17.4 Å². The molecule has 0 spiro atoms. The predicted octanol–water partition coefficient (Wildman–Crippen LogP) is 6.08. The molecule has 4 aromatic rings. The second-order valence-electron chi connectivity index (χ2n) is 7.22. The molecule has 0 amide bonds. The zero-order valence-electron chi connectivity index (χ0n) is 17.4. The molecule has 0 atom stereocenters. The maximum atomic E-state index is 10.8. The number of pyridine rings is 1. The second kappa shape index (κ2) is 9.23. The summed E-state index contributed by atoms with van der Waals surface area (Å²) in [5.74, 6) is 1.40. The largest absolute Gasteiger partial charge is 0.493 e. The first-order valence-electron chi connectivity index (χ1n) is 9.88. The number of hydrogen-bond donors (Lipinski definition) is 1. The van der Waals surface area contributed by atoms with Crippen molar-refractivity contribution in [2.75, 3.05) is 14.2 Å². The lowest BCUT2D eigenvalue weighted by Crippen LogP contribution is -2.00. The van der Waals surface area contributed by atoms with Crippen molar-refractivity contribution < 1.29 is 14.6 Å². The van der Waals surface area contributed by atoms with Gasteiger partial charge >= 0.3 is 0 Å². The van der Waals surface area contributed by atoms with Gasteiger partial charge in [-0.1, -0.05) is 55.8 Å². The molecule has 30 heavy (non-hydrogen) atoms. The van der Waals surface area contributed by atoms with Gasteiger partial charge in [0.1, 0.15) is 0 Å². The number of halogens is 1. The molecule has 4 rings (SSSR count). The fraction of sp³-hybridized carbons (Fsp3) is 0.240. The van der Waals surface area contributed by atoms with Crippen LogP contribution in [0.25, 0.3) is 21.5 Å². The minimum atomic E-state index is 0. The van der Waals surface area contributed by atoms with Crippen LogP contribution in [0, 0.1) is 0 Å². The lowest BCUT2D eigenvalue weighted by atomic mass is 9.96. The predicted molar refractivity (Wildman–Crippen MR) is 125 cm³/mol. The van der Waals surface area contributed by atoms with Crippen LogP contribution >= 0.6 is 12.4 Å². The van der Waals surface area contributed by atoms with E-state index < -0.39 is 0 Å². The van der Waals surface area contributed by atoms with Gasteiger partial charge in [-0.3, -0.25) is 0 Å². The smallest absolute Gasteiger partial charge is 0.215 e. The summed E-state index contributed by atoms with van der Waals surface area (Å²) in [6, 6.07) is 18.6. The second-order valence-corrected chi connectivity index (χ2v) is 7.22. The molecule has 0 aliphatic heterocycles. The number of aromatic hydroxyl groups is 1. The normalized spacial score (nSPS) is 10.8. The highest BCUT2D eigenvalue weighted by Gasteiger charge is 2.17. The van der Waals surface area contributed by atoms with Gasteiger partial charge in [-0.15, -0.1) is 12.4 Å². The van der Waals surface area contributed by atoms with E-state index in [9.17, 15) is 5.11 Å². The quantitative estimate of drug-likeness (QED) is 0.408. The van der Waals surface area contributed by atoms with Gasteiger partial charge < -0.3 is 14.6 Å². The molecule has 0 unspecified atom stereocenters. The van der Waals surface area contributed by atoms with Crippen molar-refractivity contribution in [3.05, 3.63) is 71.4 Å². The summed E-state index contributed by atoms with van der Waals surface area (Å²) < 4.78 is 11.0. The van der Waals surface area contributed by atoms with Crippen LogP contribution in [-0.4, -0.2) is 24.3 Å². The summed E-state index contributed by atoms with van der Waals surface area (Å²) in [5, 5.41) is 15.1. The molecular formula is C25H26ClNO3. The van der Waals surface area contributed by atoms with Gasteiger partial charge in [-0.05, 0) is 40.3 Å². The van der Waals surface area contributed by atoms with Gasteiger partial charge in [0.05, 0.1) is 19.9 Å². The van der Waals surface area contributed by atoms with Crippen molar-refractivity contribution >= 4 is 34.0 Å². The van der Waals surface area contributed by atoms with E-state index in [-0.39, 0.29) is 18.3 Å². The van der Waals surface area contributed by atoms with Crippen molar-refractivity contribution in [2.45, 2.75) is 26.2 Å². The van der Waals surface area contributed by atoms with Crippen LogP contribution in [0.15, 0.2) is 54.6 Å². The minimum Gasteiger partial charge on any atom is -0.493 e. The van der Waals surface area contributed by atoms with Gasteiger partial charge in [0.2, 0.25) is 5.88 Å². The first-order chi connectivity index (χ1) is 14.1. The van der Waals surface area contributed by atoms with Crippen LogP contribution in [0.3, 0.4) is 0 Å². The highest BCUT2D eigenvalue weighted by Crippen LogP contribution is 2.38. The summed E-state index contributed by atoms with van der Waals surface area (Å²) in [5.41, 5.74) is 2.81. The lowest BCUT2D eigenvalue weighted by Gasteiger charge is -2.16. The molecule has 0 saturated carbocycles. The number of hydrogen-bond acceptors (Lipinski definition) is 4. The third-order valence-corrected chi connectivity index (χ3v) is 5.35. The monoisotopic (exact) mass is 423 g/mol. The number of ether oxygens (including phenoxy) is 2. The zero-order chi connectivity index (χ0) is 20.4. The van der Waals surface area contributed by atoms with Gasteiger partial charge in [0, 0.05) is 17.4 Å². The third kappa shape index (κ3) is 4.01. The van der Waals surface area contributed by atoms with E-state index in [1.54, 1.807) is 14.2 Å². The van der Waals surface area contributed by atoms with E-state index >= 15 is 0 Å². The molecule has 0 aliphatic rings. The maximum Gasteiger partial charge on any atom is 0.215 e. The number of rotatable bonds is 6. The number of aromatic nitrogens is 1. The van der Waals surface area contributed by atoms with Gasteiger partial charge in [-0.25, -0.2) is 4.98 Å². The van der Waals surface area contributed by atoms with E-state index in [2.05, 4.69) is 42.2 Å². The highest BCUT2D eigenvalue weighted by atomic mass is 35.5. The molecule has 0 bridgehead atoms. The summed E-state index contributed by atoms with van der Waals surface area (Å²) >= 11 is 0. The Morgan fingerprint density at radius 1 is 0.867 bits per heavy atom. The van der Waals surface area contributed by atoms with Crippen molar-refractivity contribution in [2.24, 2.45) is 0 Å². The van der Waals surface area contributed by atoms with E-state index in [1.165, 1.54) is 10.8 Å². The molecular weight excluding hydrogens is 398 g/mol. The summed E-state index contributed by atoms with van der Waals surface area (Å²) in [6.07, 6.45) is 2.32. The standard InChI is InChI=1S/C25H25NO3.ClH/c1-4-7-22-20-15-24(29-3)23(28-2)14-19(20)21(25(27)26-22)13-16-10-11-17-8-5-6-9-18(17)12-16;/h5-6,8-12,14-15H,4,7,13H2,1-3H3,(H,26,27);1H. The highest BCUT2D eigenvalue weighted by molar-refractivity contribution is 5.92. The average Bonchev–Trinajstić information content (AvgIpc) is 2.75. The van der Waals surface area contributed by atoms with Crippen LogP contribution in [0.1, 0.15) is 30.2 Å². The van der Waals surface area contributed by atoms with E-state index in [4.69, 9.17) is 9.47 Å². The Morgan fingerprint density at radius 2 is 1.53 bits per heavy atom. The number of benzene rings is 3. The molecule has 5 heteroatoms. The molecule has 0 radical (unpaired) electrons. The Kier molecular flexibility index (Phi) is 6.68. The van der Waals surface area contributed by atoms with Crippen LogP contribution < -0.4 is 9.47 Å².